The average molecular weight is 769 g/mol. The van der Waals surface area contributed by atoms with Gasteiger partial charge in [0.2, 0.25) is 11.8 Å². The normalized spacial score (nSPS) is 12.9. The topological polar surface area (TPSA) is 109 Å². The third-order valence-electron chi connectivity index (χ3n) is 11.9. The van der Waals surface area contributed by atoms with Gasteiger partial charge in [-0.05, 0) is 112 Å². The molecule has 1 spiro atoms. The number of nitrogens with zero attached hydrogens (tertiary/aromatic N) is 4. The van der Waals surface area contributed by atoms with E-state index in [0.717, 1.165) is 50.4 Å². The van der Waals surface area contributed by atoms with E-state index in [1.807, 2.05) is 103 Å². The van der Waals surface area contributed by atoms with Gasteiger partial charge in [0.25, 0.3) is 0 Å². The van der Waals surface area contributed by atoms with E-state index >= 15 is 0 Å². The molecule has 8 aromatic carbocycles. The maximum absolute atomic E-state index is 10.9. The average Bonchev–Trinajstić information content (AvgIpc) is 4.02. The Bertz CT molecular complexity index is 3290. The number of hydrogen-bond donors (Lipinski definition) is 0. The molecular formula is C53H28N4O3. The molecule has 0 atom stereocenters. The molecule has 278 valence electrons. The highest BCUT2D eigenvalue weighted by atomic mass is 16.5. The van der Waals surface area contributed by atoms with Crippen LogP contribution in [0.5, 0.6) is 11.5 Å². The van der Waals surface area contributed by atoms with E-state index in [4.69, 9.17) is 23.5 Å². The lowest BCUT2D eigenvalue weighted by Gasteiger charge is -2.39. The molecule has 0 saturated heterocycles. The fourth-order valence-corrected chi connectivity index (χ4v) is 9.34. The Hall–Kier alpha value is -8.52. The summed E-state index contributed by atoms with van der Waals surface area (Å²) >= 11 is 0. The molecule has 1 aliphatic carbocycles. The van der Waals surface area contributed by atoms with Crippen molar-refractivity contribution in [3.63, 3.8) is 0 Å². The second kappa shape index (κ2) is 12.7. The van der Waals surface area contributed by atoms with E-state index in [2.05, 4.69) is 78.9 Å². The highest BCUT2D eigenvalue weighted by Crippen LogP contribution is 2.62. The maximum Gasteiger partial charge on any atom is 0.227 e. The lowest BCUT2D eigenvalue weighted by atomic mass is 9.66. The van der Waals surface area contributed by atoms with Gasteiger partial charge in [-0.2, -0.15) is 10.5 Å². The Morgan fingerprint density at radius 2 is 0.917 bits per heavy atom. The van der Waals surface area contributed by atoms with Gasteiger partial charge in [0, 0.05) is 27.8 Å². The van der Waals surface area contributed by atoms with Crippen molar-refractivity contribution in [1.29, 1.82) is 10.5 Å². The second-order valence-electron chi connectivity index (χ2n) is 15.1. The van der Waals surface area contributed by atoms with Crippen molar-refractivity contribution in [2.75, 3.05) is 0 Å². The maximum atomic E-state index is 10.9. The molecule has 0 amide bonds. The predicted octanol–water partition coefficient (Wildman–Crippen LogP) is 12.8. The van der Waals surface area contributed by atoms with Crippen LogP contribution in [0, 0.1) is 22.7 Å². The Morgan fingerprint density at radius 1 is 0.417 bits per heavy atom. The van der Waals surface area contributed by atoms with Crippen molar-refractivity contribution in [1.82, 2.24) is 9.97 Å². The molecule has 0 radical (unpaired) electrons. The molecule has 2 aromatic heterocycles. The highest BCUT2D eigenvalue weighted by molar-refractivity contribution is 5.92. The summed E-state index contributed by atoms with van der Waals surface area (Å²) in [4.78, 5) is 9.57. The zero-order valence-electron chi connectivity index (χ0n) is 31.7. The van der Waals surface area contributed by atoms with Crippen LogP contribution >= 0.6 is 0 Å². The summed E-state index contributed by atoms with van der Waals surface area (Å²) < 4.78 is 19.0. The van der Waals surface area contributed by atoms with Crippen molar-refractivity contribution in [3.8, 4) is 79.9 Å². The summed E-state index contributed by atoms with van der Waals surface area (Å²) in [5.74, 6) is 2.41. The quantitative estimate of drug-likeness (QED) is 0.175. The first-order valence-corrected chi connectivity index (χ1v) is 19.6. The molecule has 7 heteroatoms. The highest BCUT2D eigenvalue weighted by Gasteiger charge is 2.51. The predicted molar refractivity (Wildman–Crippen MR) is 230 cm³/mol. The fourth-order valence-electron chi connectivity index (χ4n) is 9.34. The number of nitriles is 2. The summed E-state index contributed by atoms with van der Waals surface area (Å²) in [5, 5.41) is 21.8. The lowest BCUT2D eigenvalue weighted by molar-refractivity contribution is 0.436. The molecule has 0 saturated carbocycles. The van der Waals surface area contributed by atoms with Gasteiger partial charge in [0.1, 0.15) is 22.5 Å². The minimum Gasteiger partial charge on any atom is -0.457 e. The number of aromatic nitrogens is 2. The molecule has 0 N–H and O–H groups in total. The molecule has 10 aromatic rings. The van der Waals surface area contributed by atoms with Gasteiger partial charge < -0.3 is 13.6 Å². The monoisotopic (exact) mass is 768 g/mol. The molecule has 0 bridgehead atoms. The number of hydrogen-bond acceptors (Lipinski definition) is 7. The van der Waals surface area contributed by atoms with Crippen LogP contribution in [0.25, 0.3) is 78.5 Å². The van der Waals surface area contributed by atoms with Crippen molar-refractivity contribution < 1.29 is 13.6 Å². The first-order chi connectivity index (χ1) is 29.6. The van der Waals surface area contributed by atoms with E-state index in [0.29, 0.717) is 67.4 Å². The third-order valence-corrected chi connectivity index (χ3v) is 11.9. The van der Waals surface area contributed by atoms with Crippen LogP contribution in [0.15, 0.2) is 179 Å². The molecule has 12 rings (SSSR count). The molecule has 0 unspecified atom stereocenters. The van der Waals surface area contributed by atoms with Crippen molar-refractivity contribution >= 4 is 22.2 Å². The number of para-hydroxylation sites is 6. The number of ether oxygens (including phenoxy) is 1. The minimum atomic E-state index is -0.657. The van der Waals surface area contributed by atoms with Crippen LogP contribution in [0.2, 0.25) is 0 Å². The van der Waals surface area contributed by atoms with E-state index in [1.165, 1.54) is 5.56 Å². The van der Waals surface area contributed by atoms with E-state index in [1.54, 1.807) is 0 Å². The molecule has 1 aliphatic heterocycles. The van der Waals surface area contributed by atoms with Gasteiger partial charge >= 0.3 is 0 Å². The summed E-state index contributed by atoms with van der Waals surface area (Å²) in [6.07, 6.45) is 0. The first-order valence-electron chi connectivity index (χ1n) is 19.6. The molecule has 60 heavy (non-hydrogen) atoms. The molecular weight excluding hydrogens is 741 g/mol. The van der Waals surface area contributed by atoms with Crippen molar-refractivity contribution in [2.45, 2.75) is 5.41 Å². The third kappa shape index (κ3) is 4.81. The summed E-state index contributed by atoms with van der Waals surface area (Å²) in [6.45, 7) is 0. The van der Waals surface area contributed by atoms with Crippen LogP contribution in [0.4, 0.5) is 0 Å². The number of oxazole rings is 2. The summed E-state index contributed by atoms with van der Waals surface area (Å²) in [5.41, 5.74) is 13.5. The van der Waals surface area contributed by atoms with Gasteiger partial charge in [-0.25, -0.2) is 9.97 Å². The van der Waals surface area contributed by atoms with Crippen LogP contribution in [-0.4, -0.2) is 9.97 Å². The van der Waals surface area contributed by atoms with Crippen molar-refractivity contribution in [2.24, 2.45) is 0 Å². The van der Waals surface area contributed by atoms with Crippen molar-refractivity contribution in [3.05, 3.63) is 203 Å². The smallest absolute Gasteiger partial charge is 0.227 e. The minimum absolute atomic E-state index is 0.350. The zero-order chi connectivity index (χ0) is 40.0. The standard InChI is InChI=1S/C53H28N4O3/c54-29-36-23-32(31-21-22-39-38-11-1-2-12-40(38)53(43(39)28-31)41-13-3-7-17-46(41)58-47-18-8-4-14-42(47)53)24-37(30-55)50(36)33-25-34(51-56-44-15-5-9-19-48(44)59-51)27-35(26-33)52-57-45-16-6-10-20-49(45)60-52/h1-28H. The van der Waals surface area contributed by atoms with Gasteiger partial charge in [-0.15, -0.1) is 0 Å². The first kappa shape index (κ1) is 33.6. The molecule has 0 fully saturated rings. The largest absolute Gasteiger partial charge is 0.457 e. The van der Waals surface area contributed by atoms with Crippen LogP contribution in [0.3, 0.4) is 0 Å². The van der Waals surface area contributed by atoms with Crippen LogP contribution in [-0.2, 0) is 5.41 Å². The van der Waals surface area contributed by atoms with E-state index in [9.17, 15) is 10.5 Å². The number of rotatable bonds is 4. The van der Waals surface area contributed by atoms with Gasteiger partial charge in [0.05, 0.1) is 28.7 Å². The van der Waals surface area contributed by atoms with Gasteiger partial charge in [-0.3, -0.25) is 0 Å². The van der Waals surface area contributed by atoms with Crippen LogP contribution in [0.1, 0.15) is 33.4 Å². The molecule has 2 aliphatic rings. The van der Waals surface area contributed by atoms with E-state index < -0.39 is 5.41 Å². The summed E-state index contributed by atoms with van der Waals surface area (Å²) in [7, 11) is 0. The summed E-state index contributed by atoms with van der Waals surface area (Å²) in [6, 6.07) is 61.1. The zero-order valence-corrected chi connectivity index (χ0v) is 31.7. The molecule has 7 nitrogen and oxygen atoms in total. The fraction of sp³-hybridized carbons (Fsp3) is 0.0189. The van der Waals surface area contributed by atoms with Crippen LogP contribution < -0.4 is 4.74 Å². The lowest BCUT2D eigenvalue weighted by Crippen LogP contribution is -2.32. The Balaban J connectivity index is 1.06. The Kier molecular flexibility index (Phi) is 7.14. The van der Waals surface area contributed by atoms with E-state index in [-0.39, 0.29) is 0 Å². The number of benzene rings is 8. The Morgan fingerprint density at radius 3 is 1.50 bits per heavy atom. The van der Waals surface area contributed by atoms with Gasteiger partial charge in [-0.1, -0.05) is 97.1 Å². The Labute approximate surface area is 343 Å². The number of fused-ring (bicyclic) bond motifs is 11. The SMILES string of the molecule is N#Cc1cc(-c2ccc3c(c2)C2(c4ccccc4Oc4ccccc42)c2ccccc2-3)cc(C#N)c1-c1cc(-c2nc3ccccc3o2)cc(-c2nc3ccccc3o2)c1. The van der Waals surface area contributed by atoms with Gasteiger partial charge in [0.15, 0.2) is 11.2 Å². The second-order valence-corrected chi connectivity index (χ2v) is 15.1. The molecule has 3 heterocycles.